The van der Waals surface area contributed by atoms with Crippen molar-refractivity contribution >= 4 is 11.7 Å². The molecular formula is C12H15N5O. The van der Waals surface area contributed by atoms with Gasteiger partial charge in [-0.25, -0.2) is 9.97 Å². The number of anilines is 1. The first kappa shape index (κ1) is 12.3. The van der Waals surface area contributed by atoms with Gasteiger partial charge in [0.1, 0.15) is 11.9 Å². The van der Waals surface area contributed by atoms with Crippen LogP contribution in [0.5, 0.6) is 0 Å². The van der Waals surface area contributed by atoms with Crippen molar-refractivity contribution in [3.8, 4) is 6.07 Å². The standard InChI is InChI=1S/C12H15N5O/c1-16(9-12(18)17-4-2-3-5-17)11-8-14-10(6-13)7-15-11/h7-8H,2-5,9H2,1H3. The van der Waals surface area contributed by atoms with E-state index in [4.69, 9.17) is 5.26 Å². The van der Waals surface area contributed by atoms with Gasteiger partial charge in [0.2, 0.25) is 5.91 Å². The number of aromatic nitrogens is 2. The van der Waals surface area contributed by atoms with E-state index in [1.807, 2.05) is 11.0 Å². The first-order valence-electron chi connectivity index (χ1n) is 5.92. The highest BCUT2D eigenvalue weighted by Crippen LogP contribution is 2.10. The Morgan fingerprint density at radius 2 is 2.17 bits per heavy atom. The third-order valence-electron chi connectivity index (χ3n) is 2.98. The number of likely N-dealkylation sites (N-methyl/N-ethyl adjacent to an activating group) is 1. The number of nitriles is 1. The van der Waals surface area contributed by atoms with Crippen LogP contribution in [-0.4, -0.2) is 47.5 Å². The molecule has 18 heavy (non-hydrogen) atoms. The van der Waals surface area contributed by atoms with Crippen molar-refractivity contribution in [2.45, 2.75) is 12.8 Å². The summed E-state index contributed by atoms with van der Waals surface area (Å²) in [4.78, 5) is 23.6. The number of amides is 1. The summed E-state index contributed by atoms with van der Waals surface area (Å²) in [5, 5.41) is 8.63. The zero-order chi connectivity index (χ0) is 13.0. The maximum Gasteiger partial charge on any atom is 0.242 e. The minimum Gasteiger partial charge on any atom is -0.349 e. The minimum absolute atomic E-state index is 0.112. The molecule has 6 nitrogen and oxygen atoms in total. The Morgan fingerprint density at radius 1 is 1.44 bits per heavy atom. The lowest BCUT2D eigenvalue weighted by molar-refractivity contribution is -0.128. The zero-order valence-corrected chi connectivity index (χ0v) is 10.3. The summed E-state index contributed by atoms with van der Waals surface area (Å²) in [6.07, 6.45) is 5.10. The van der Waals surface area contributed by atoms with Gasteiger partial charge >= 0.3 is 0 Å². The van der Waals surface area contributed by atoms with Gasteiger partial charge in [-0.1, -0.05) is 0 Å². The van der Waals surface area contributed by atoms with E-state index in [0.29, 0.717) is 12.4 Å². The summed E-state index contributed by atoms with van der Waals surface area (Å²) in [5.41, 5.74) is 0.276. The predicted molar refractivity (Wildman–Crippen MR) is 65.8 cm³/mol. The second-order valence-corrected chi connectivity index (χ2v) is 4.32. The van der Waals surface area contributed by atoms with Gasteiger partial charge < -0.3 is 9.80 Å². The highest BCUT2D eigenvalue weighted by Gasteiger charge is 2.19. The van der Waals surface area contributed by atoms with Crippen molar-refractivity contribution in [1.82, 2.24) is 14.9 Å². The average Bonchev–Trinajstić information content (AvgIpc) is 2.92. The fourth-order valence-electron chi connectivity index (χ4n) is 1.93. The molecule has 2 heterocycles. The Hall–Kier alpha value is -2.16. The fraction of sp³-hybridized carbons (Fsp3) is 0.500. The van der Waals surface area contributed by atoms with Gasteiger partial charge in [0, 0.05) is 20.1 Å². The molecule has 2 rings (SSSR count). The Morgan fingerprint density at radius 3 is 2.72 bits per heavy atom. The molecule has 0 radical (unpaired) electrons. The van der Waals surface area contributed by atoms with E-state index in [-0.39, 0.29) is 11.6 Å². The molecule has 6 heteroatoms. The van der Waals surface area contributed by atoms with Gasteiger partial charge in [-0.2, -0.15) is 5.26 Å². The minimum atomic E-state index is 0.112. The number of nitrogens with zero attached hydrogens (tertiary/aromatic N) is 5. The van der Waals surface area contributed by atoms with Crippen LogP contribution in [0.15, 0.2) is 12.4 Å². The second kappa shape index (κ2) is 5.45. The molecule has 0 unspecified atom stereocenters. The molecule has 0 aromatic carbocycles. The van der Waals surface area contributed by atoms with Crippen LogP contribution in [0.1, 0.15) is 18.5 Å². The van der Waals surface area contributed by atoms with E-state index >= 15 is 0 Å². The molecule has 1 saturated heterocycles. The predicted octanol–water partition coefficient (Wildman–Crippen LogP) is 0.407. The molecule has 0 aliphatic carbocycles. The Kier molecular flexibility index (Phi) is 3.72. The highest BCUT2D eigenvalue weighted by molar-refractivity contribution is 5.81. The fourth-order valence-corrected chi connectivity index (χ4v) is 1.93. The van der Waals surface area contributed by atoms with Crippen LogP contribution < -0.4 is 4.90 Å². The Bertz CT molecular complexity index is 458. The highest BCUT2D eigenvalue weighted by atomic mass is 16.2. The summed E-state index contributed by atoms with van der Waals surface area (Å²) in [7, 11) is 1.80. The van der Waals surface area contributed by atoms with Crippen molar-refractivity contribution in [1.29, 1.82) is 5.26 Å². The topological polar surface area (TPSA) is 73.1 Å². The zero-order valence-electron chi connectivity index (χ0n) is 10.3. The molecule has 0 N–H and O–H groups in total. The largest absolute Gasteiger partial charge is 0.349 e. The quantitative estimate of drug-likeness (QED) is 0.771. The van der Waals surface area contributed by atoms with Crippen LogP contribution in [0, 0.1) is 11.3 Å². The third-order valence-corrected chi connectivity index (χ3v) is 2.98. The first-order chi connectivity index (χ1) is 8.70. The smallest absolute Gasteiger partial charge is 0.242 e. The summed E-state index contributed by atoms with van der Waals surface area (Å²) in [5.74, 6) is 0.711. The lowest BCUT2D eigenvalue weighted by atomic mass is 10.4. The van der Waals surface area contributed by atoms with Crippen molar-refractivity contribution < 1.29 is 4.79 Å². The molecule has 1 aliphatic rings. The molecule has 0 saturated carbocycles. The van der Waals surface area contributed by atoms with Crippen LogP contribution in [0.2, 0.25) is 0 Å². The summed E-state index contributed by atoms with van der Waals surface area (Å²) >= 11 is 0. The number of carbonyl (C=O) groups is 1. The van der Waals surface area contributed by atoms with Gasteiger partial charge in [-0.15, -0.1) is 0 Å². The van der Waals surface area contributed by atoms with Gasteiger partial charge in [-0.3, -0.25) is 4.79 Å². The van der Waals surface area contributed by atoms with E-state index in [2.05, 4.69) is 9.97 Å². The van der Waals surface area contributed by atoms with E-state index < -0.39 is 0 Å². The first-order valence-corrected chi connectivity index (χ1v) is 5.92. The van der Waals surface area contributed by atoms with Crippen LogP contribution in [-0.2, 0) is 4.79 Å². The summed E-state index contributed by atoms with van der Waals surface area (Å²) in [6.45, 7) is 2.00. The molecule has 1 aliphatic heterocycles. The number of hydrogen-bond acceptors (Lipinski definition) is 5. The monoisotopic (exact) mass is 245 g/mol. The van der Waals surface area contributed by atoms with Crippen molar-refractivity contribution in [3.05, 3.63) is 18.1 Å². The summed E-state index contributed by atoms with van der Waals surface area (Å²) < 4.78 is 0. The van der Waals surface area contributed by atoms with Crippen LogP contribution in [0.4, 0.5) is 5.82 Å². The van der Waals surface area contributed by atoms with Crippen molar-refractivity contribution in [2.24, 2.45) is 0 Å². The number of rotatable bonds is 3. The van der Waals surface area contributed by atoms with Crippen LogP contribution in [0.25, 0.3) is 0 Å². The lowest BCUT2D eigenvalue weighted by Crippen LogP contribution is -2.37. The number of hydrogen-bond donors (Lipinski definition) is 0. The van der Waals surface area contributed by atoms with Crippen LogP contribution >= 0.6 is 0 Å². The van der Waals surface area contributed by atoms with Crippen molar-refractivity contribution in [3.63, 3.8) is 0 Å². The average molecular weight is 245 g/mol. The van der Waals surface area contributed by atoms with E-state index in [9.17, 15) is 4.79 Å². The van der Waals surface area contributed by atoms with Gasteiger partial charge in [0.05, 0.1) is 18.9 Å². The molecule has 94 valence electrons. The maximum atomic E-state index is 11.9. The Balaban J connectivity index is 1.96. The molecule has 0 bridgehead atoms. The lowest BCUT2D eigenvalue weighted by Gasteiger charge is -2.21. The van der Waals surface area contributed by atoms with E-state index in [0.717, 1.165) is 25.9 Å². The Labute approximate surface area is 106 Å². The van der Waals surface area contributed by atoms with Gasteiger partial charge in [0.15, 0.2) is 5.69 Å². The summed E-state index contributed by atoms with van der Waals surface area (Å²) in [6, 6.07) is 1.91. The van der Waals surface area contributed by atoms with Gasteiger partial charge in [-0.05, 0) is 12.8 Å². The van der Waals surface area contributed by atoms with E-state index in [1.54, 1.807) is 11.9 Å². The molecular weight excluding hydrogens is 230 g/mol. The molecule has 1 amide bonds. The number of carbonyl (C=O) groups excluding carboxylic acids is 1. The third kappa shape index (κ3) is 2.74. The van der Waals surface area contributed by atoms with E-state index in [1.165, 1.54) is 12.4 Å². The van der Waals surface area contributed by atoms with Crippen molar-refractivity contribution in [2.75, 3.05) is 31.6 Å². The molecule has 1 aromatic rings. The molecule has 0 atom stereocenters. The molecule has 0 spiro atoms. The molecule has 1 aromatic heterocycles. The molecule has 1 fully saturated rings. The maximum absolute atomic E-state index is 11.9. The van der Waals surface area contributed by atoms with Crippen LogP contribution in [0.3, 0.4) is 0 Å². The second-order valence-electron chi connectivity index (χ2n) is 4.32. The van der Waals surface area contributed by atoms with Gasteiger partial charge in [0.25, 0.3) is 0 Å². The number of likely N-dealkylation sites (tertiary alicyclic amines) is 1. The normalized spacial score (nSPS) is 14.3. The SMILES string of the molecule is CN(CC(=O)N1CCCC1)c1cnc(C#N)cn1.